The molecule has 0 aliphatic carbocycles. The van der Waals surface area contributed by atoms with Crippen LogP contribution in [0.3, 0.4) is 0 Å². The Balaban J connectivity index is 1.45. The molecule has 1 aromatic rings. The summed E-state index contributed by atoms with van der Waals surface area (Å²) in [5.41, 5.74) is 1.20. The van der Waals surface area contributed by atoms with Crippen molar-refractivity contribution in [2.45, 2.75) is 45.2 Å². The highest BCUT2D eigenvalue weighted by Crippen LogP contribution is 2.31. The molecule has 1 saturated heterocycles. The number of aryl methyl sites for hydroxylation is 1. The van der Waals surface area contributed by atoms with Gasteiger partial charge in [-0.15, -0.1) is 0 Å². The molecule has 0 spiro atoms. The van der Waals surface area contributed by atoms with Gasteiger partial charge in [-0.1, -0.05) is 6.07 Å². The standard InChI is InChI=1S/C22H35N3O3/c1-17-15-24(16-18(2)25(17)11-10-23(3)4)22(26)7-5-6-19-8-9-20-21(14-19)28-13-12-27-20/h8-9,14,17-18H,5-7,10-13,15-16H2,1-4H3. The van der Waals surface area contributed by atoms with E-state index in [4.69, 9.17) is 9.47 Å². The zero-order chi connectivity index (χ0) is 20.1. The molecule has 2 atom stereocenters. The number of likely N-dealkylation sites (N-methyl/N-ethyl adjacent to an activating group) is 1. The Bertz CT molecular complexity index is 652. The van der Waals surface area contributed by atoms with Crippen LogP contribution in [0.25, 0.3) is 0 Å². The molecule has 2 heterocycles. The topological polar surface area (TPSA) is 45.3 Å². The molecule has 0 radical (unpaired) electrons. The molecule has 6 nitrogen and oxygen atoms in total. The zero-order valence-electron chi connectivity index (χ0n) is 17.8. The molecule has 2 aliphatic heterocycles. The minimum atomic E-state index is 0.281. The van der Waals surface area contributed by atoms with Gasteiger partial charge in [0.25, 0.3) is 0 Å². The summed E-state index contributed by atoms with van der Waals surface area (Å²) in [5.74, 6) is 1.93. The van der Waals surface area contributed by atoms with Crippen LogP contribution in [-0.2, 0) is 11.2 Å². The average molecular weight is 390 g/mol. The van der Waals surface area contributed by atoms with Crippen molar-refractivity contribution in [2.75, 3.05) is 53.5 Å². The molecule has 0 saturated carbocycles. The van der Waals surface area contributed by atoms with Gasteiger partial charge >= 0.3 is 0 Å². The molecular formula is C22H35N3O3. The van der Waals surface area contributed by atoms with E-state index in [1.165, 1.54) is 5.56 Å². The van der Waals surface area contributed by atoms with Gasteiger partial charge in [-0.05, 0) is 58.5 Å². The number of benzene rings is 1. The van der Waals surface area contributed by atoms with Crippen LogP contribution >= 0.6 is 0 Å². The number of carbonyl (C=O) groups excluding carboxylic acids is 1. The van der Waals surface area contributed by atoms with E-state index in [1.54, 1.807) is 0 Å². The summed E-state index contributed by atoms with van der Waals surface area (Å²) >= 11 is 0. The maximum absolute atomic E-state index is 12.7. The van der Waals surface area contributed by atoms with Crippen LogP contribution in [-0.4, -0.2) is 86.2 Å². The summed E-state index contributed by atoms with van der Waals surface area (Å²) < 4.78 is 11.2. The highest BCUT2D eigenvalue weighted by Gasteiger charge is 2.31. The molecule has 1 aromatic carbocycles. The van der Waals surface area contributed by atoms with E-state index in [-0.39, 0.29) is 5.91 Å². The average Bonchev–Trinajstić information content (AvgIpc) is 2.66. The summed E-state index contributed by atoms with van der Waals surface area (Å²) in [6.07, 6.45) is 2.35. The Morgan fingerprint density at radius 2 is 1.79 bits per heavy atom. The number of hydrogen-bond acceptors (Lipinski definition) is 5. The van der Waals surface area contributed by atoms with Crippen LogP contribution in [0.15, 0.2) is 18.2 Å². The van der Waals surface area contributed by atoms with Crippen LogP contribution in [0.2, 0.25) is 0 Å². The number of carbonyl (C=O) groups is 1. The maximum atomic E-state index is 12.7. The van der Waals surface area contributed by atoms with E-state index in [2.05, 4.69) is 48.7 Å². The van der Waals surface area contributed by atoms with Gasteiger partial charge in [0.15, 0.2) is 11.5 Å². The first-order valence-corrected chi connectivity index (χ1v) is 10.5. The fourth-order valence-electron chi connectivity index (χ4n) is 4.16. The van der Waals surface area contributed by atoms with Crippen molar-refractivity contribution in [2.24, 2.45) is 0 Å². The molecule has 28 heavy (non-hydrogen) atoms. The minimum absolute atomic E-state index is 0.281. The molecule has 6 heteroatoms. The van der Waals surface area contributed by atoms with Crippen LogP contribution in [0.4, 0.5) is 0 Å². The maximum Gasteiger partial charge on any atom is 0.222 e. The number of rotatable bonds is 7. The van der Waals surface area contributed by atoms with Gasteiger partial charge < -0.3 is 19.3 Å². The minimum Gasteiger partial charge on any atom is -0.486 e. The van der Waals surface area contributed by atoms with E-state index in [0.29, 0.717) is 31.7 Å². The van der Waals surface area contributed by atoms with E-state index in [0.717, 1.165) is 50.5 Å². The Kier molecular flexibility index (Phi) is 7.18. The molecular weight excluding hydrogens is 354 g/mol. The van der Waals surface area contributed by atoms with Gasteiger partial charge in [0.2, 0.25) is 5.91 Å². The van der Waals surface area contributed by atoms with Crippen LogP contribution in [0.5, 0.6) is 11.5 Å². The highest BCUT2D eigenvalue weighted by molar-refractivity contribution is 5.76. The smallest absolute Gasteiger partial charge is 0.222 e. The summed E-state index contributed by atoms with van der Waals surface area (Å²) in [6, 6.07) is 6.91. The van der Waals surface area contributed by atoms with Gasteiger partial charge in [0, 0.05) is 44.7 Å². The molecule has 1 amide bonds. The molecule has 2 unspecified atom stereocenters. The molecule has 2 aliphatic rings. The lowest BCUT2D eigenvalue weighted by atomic mass is 10.0. The highest BCUT2D eigenvalue weighted by atomic mass is 16.6. The molecule has 1 fully saturated rings. The van der Waals surface area contributed by atoms with Gasteiger partial charge in [-0.3, -0.25) is 9.69 Å². The first-order valence-electron chi connectivity index (χ1n) is 10.5. The third-order valence-corrected chi connectivity index (χ3v) is 5.72. The number of fused-ring (bicyclic) bond motifs is 1. The predicted molar refractivity (Wildman–Crippen MR) is 111 cm³/mol. The predicted octanol–water partition coefficient (Wildman–Crippen LogP) is 2.26. The molecule has 156 valence electrons. The van der Waals surface area contributed by atoms with E-state index >= 15 is 0 Å². The van der Waals surface area contributed by atoms with Crippen molar-refractivity contribution in [3.8, 4) is 11.5 Å². The number of ether oxygens (including phenoxy) is 2. The van der Waals surface area contributed by atoms with Crippen molar-refractivity contribution < 1.29 is 14.3 Å². The van der Waals surface area contributed by atoms with Crippen molar-refractivity contribution in [3.05, 3.63) is 23.8 Å². The summed E-state index contributed by atoms with van der Waals surface area (Å²) in [5, 5.41) is 0. The van der Waals surface area contributed by atoms with Crippen molar-refractivity contribution in [1.29, 1.82) is 0 Å². The molecule has 0 N–H and O–H groups in total. The third kappa shape index (κ3) is 5.39. The second-order valence-electron chi connectivity index (χ2n) is 8.37. The molecule has 3 rings (SSSR count). The monoisotopic (exact) mass is 389 g/mol. The van der Waals surface area contributed by atoms with E-state index in [1.807, 2.05) is 12.1 Å². The fraction of sp³-hybridized carbons (Fsp3) is 0.682. The first-order chi connectivity index (χ1) is 13.4. The molecule has 0 aromatic heterocycles. The normalized spacial score (nSPS) is 22.5. The van der Waals surface area contributed by atoms with E-state index in [9.17, 15) is 4.79 Å². The van der Waals surface area contributed by atoms with Crippen LogP contribution in [0.1, 0.15) is 32.3 Å². The lowest BCUT2D eigenvalue weighted by molar-refractivity contribution is -0.135. The Morgan fingerprint density at radius 1 is 1.11 bits per heavy atom. The van der Waals surface area contributed by atoms with E-state index < -0.39 is 0 Å². The number of piperazine rings is 1. The summed E-state index contributed by atoms with van der Waals surface area (Å²) in [6.45, 7) is 9.47. The first kappa shape index (κ1) is 20.9. The second-order valence-corrected chi connectivity index (χ2v) is 8.37. The van der Waals surface area contributed by atoms with Crippen LogP contribution < -0.4 is 9.47 Å². The lowest BCUT2D eigenvalue weighted by Gasteiger charge is -2.45. The Morgan fingerprint density at radius 3 is 2.46 bits per heavy atom. The Labute approximate surface area is 169 Å². The van der Waals surface area contributed by atoms with Crippen molar-refractivity contribution >= 4 is 5.91 Å². The Hall–Kier alpha value is -1.79. The SMILES string of the molecule is CC1CN(C(=O)CCCc2ccc3c(c2)OCCO3)CC(C)N1CCN(C)C. The quantitative estimate of drug-likeness (QED) is 0.716. The zero-order valence-corrected chi connectivity index (χ0v) is 17.8. The van der Waals surface area contributed by atoms with Gasteiger partial charge in [0.05, 0.1) is 0 Å². The van der Waals surface area contributed by atoms with Crippen molar-refractivity contribution in [3.63, 3.8) is 0 Å². The van der Waals surface area contributed by atoms with Crippen LogP contribution in [0, 0.1) is 0 Å². The van der Waals surface area contributed by atoms with Gasteiger partial charge in [0.1, 0.15) is 13.2 Å². The second kappa shape index (κ2) is 9.61. The van der Waals surface area contributed by atoms with Crippen molar-refractivity contribution in [1.82, 2.24) is 14.7 Å². The summed E-state index contributed by atoms with van der Waals surface area (Å²) in [7, 11) is 4.22. The van der Waals surface area contributed by atoms with Gasteiger partial charge in [-0.25, -0.2) is 0 Å². The number of nitrogens with zero attached hydrogens (tertiary/aromatic N) is 3. The van der Waals surface area contributed by atoms with Gasteiger partial charge in [-0.2, -0.15) is 0 Å². The fourth-order valence-corrected chi connectivity index (χ4v) is 4.16. The molecule has 0 bridgehead atoms. The number of hydrogen-bond donors (Lipinski definition) is 0. The lowest BCUT2D eigenvalue weighted by Crippen LogP contribution is -2.59. The largest absolute Gasteiger partial charge is 0.486 e. The third-order valence-electron chi connectivity index (χ3n) is 5.72. The summed E-state index contributed by atoms with van der Waals surface area (Å²) in [4.78, 5) is 19.5. The number of amides is 1.